The number of rotatable bonds is 2. The average molecular weight is 261 g/mol. The highest BCUT2D eigenvalue weighted by Gasteiger charge is 2.23. The minimum absolute atomic E-state index is 0.656. The molecule has 3 nitrogen and oxygen atoms in total. The summed E-state index contributed by atoms with van der Waals surface area (Å²) in [5.74, 6) is 2.49. The second-order valence-electron chi connectivity index (χ2n) is 5.61. The third kappa shape index (κ3) is 2.86. The predicted molar refractivity (Wildman–Crippen MR) is 76.1 cm³/mol. The molecule has 0 bridgehead atoms. The molecule has 1 N–H and O–H groups in total. The van der Waals surface area contributed by atoms with Crippen LogP contribution in [0.3, 0.4) is 0 Å². The largest absolute Gasteiger partial charge is 0.490 e. The van der Waals surface area contributed by atoms with Crippen LogP contribution in [0.15, 0.2) is 18.2 Å². The van der Waals surface area contributed by atoms with Crippen molar-refractivity contribution in [3.63, 3.8) is 0 Å². The first-order valence-corrected chi connectivity index (χ1v) is 7.43. The molecule has 3 heteroatoms. The third-order valence-electron chi connectivity index (χ3n) is 4.33. The summed E-state index contributed by atoms with van der Waals surface area (Å²) in [6.07, 6.45) is 6.10. The van der Waals surface area contributed by atoms with Crippen molar-refractivity contribution in [2.24, 2.45) is 0 Å². The molecular weight excluding hydrogens is 238 g/mol. The van der Waals surface area contributed by atoms with Gasteiger partial charge in [-0.15, -0.1) is 0 Å². The molecule has 19 heavy (non-hydrogen) atoms. The van der Waals surface area contributed by atoms with Crippen molar-refractivity contribution < 1.29 is 9.47 Å². The van der Waals surface area contributed by atoms with Crippen molar-refractivity contribution in [3.8, 4) is 11.5 Å². The van der Waals surface area contributed by atoms with Gasteiger partial charge >= 0.3 is 0 Å². The Balaban J connectivity index is 1.79. The second kappa shape index (κ2) is 5.83. The van der Waals surface area contributed by atoms with E-state index in [1.807, 2.05) is 0 Å². The van der Waals surface area contributed by atoms with Crippen LogP contribution in [0.25, 0.3) is 0 Å². The van der Waals surface area contributed by atoms with Crippen molar-refractivity contribution in [1.29, 1.82) is 0 Å². The second-order valence-corrected chi connectivity index (χ2v) is 5.61. The fourth-order valence-electron chi connectivity index (χ4n) is 3.19. The lowest BCUT2D eigenvalue weighted by molar-refractivity contribution is 0.296. The Labute approximate surface area is 115 Å². The lowest BCUT2D eigenvalue weighted by Crippen LogP contribution is -2.30. The van der Waals surface area contributed by atoms with Gasteiger partial charge in [0, 0.05) is 12.5 Å². The molecule has 1 aliphatic heterocycles. The maximum atomic E-state index is 5.79. The molecule has 0 aromatic heterocycles. The zero-order chi connectivity index (χ0) is 13.1. The summed E-state index contributed by atoms with van der Waals surface area (Å²) < 4.78 is 11.5. The standard InChI is InChI=1S/C16H23NO2/c1-17-14-5-2-4-12(10-14)13-6-7-15-16(11-13)19-9-3-8-18-15/h6-7,11-12,14,17H,2-5,8-10H2,1H3. The highest BCUT2D eigenvalue weighted by atomic mass is 16.5. The number of benzene rings is 1. The van der Waals surface area contributed by atoms with Gasteiger partial charge < -0.3 is 14.8 Å². The zero-order valence-corrected chi connectivity index (χ0v) is 11.7. The highest BCUT2D eigenvalue weighted by Crippen LogP contribution is 2.38. The molecule has 3 rings (SSSR count). The van der Waals surface area contributed by atoms with Crippen LogP contribution < -0.4 is 14.8 Å². The zero-order valence-electron chi connectivity index (χ0n) is 11.7. The maximum Gasteiger partial charge on any atom is 0.161 e. The van der Waals surface area contributed by atoms with Gasteiger partial charge in [-0.1, -0.05) is 12.5 Å². The van der Waals surface area contributed by atoms with Crippen LogP contribution in [0.2, 0.25) is 0 Å². The predicted octanol–water partition coefficient (Wildman–Crippen LogP) is 3.09. The first kappa shape index (κ1) is 12.8. The number of hydrogen-bond donors (Lipinski definition) is 1. The van der Waals surface area contributed by atoms with Crippen molar-refractivity contribution >= 4 is 0 Å². The van der Waals surface area contributed by atoms with E-state index < -0.39 is 0 Å². The average Bonchev–Trinajstić information content (AvgIpc) is 2.71. The summed E-state index contributed by atoms with van der Waals surface area (Å²) in [5.41, 5.74) is 1.41. The van der Waals surface area contributed by atoms with Crippen LogP contribution in [-0.2, 0) is 0 Å². The Bertz CT molecular complexity index is 433. The van der Waals surface area contributed by atoms with Crippen molar-refractivity contribution in [2.45, 2.75) is 44.1 Å². The minimum Gasteiger partial charge on any atom is -0.490 e. The fraction of sp³-hybridized carbons (Fsp3) is 0.625. The van der Waals surface area contributed by atoms with E-state index in [1.165, 1.54) is 31.2 Å². The van der Waals surface area contributed by atoms with Gasteiger partial charge in [0.25, 0.3) is 0 Å². The molecule has 2 unspecified atom stereocenters. The van der Waals surface area contributed by atoms with Crippen molar-refractivity contribution in [3.05, 3.63) is 23.8 Å². The van der Waals surface area contributed by atoms with Crippen LogP contribution in [-0.4, -0.2) is 26.3 Å². The molecule has 0 radical (unpaired) electrons. The van der Waals surface area contributed by atoms with E-state index >= 15 is 0 Å². The molecule has 1 aliphatic carbocycles. The van der Waals surface area contributed by atoms with Gasteiger partial charge in [0.05, 0.1) is 13.2 Å². The van der Waals surface area contributed by atoms with Gasteiger partial charge in [0.1, 0.15) is 0 Å². The van der Waals surface area contributed by atoms with E-state index in [0.717, 1.165) is 31.1 Å². The first-order chi connectivity index (χ1) is 9.36. The summed E-state index contributed by atoms with van der Waals surface area (Å²) in [5, 5.41) is 3.42. The maximum absolute atomic E-state index is 5.79. The van der Waals surface area contributed by atoms with Gasteiger partial charge in [0.2, 0.25) is 0 Å². The molecule has 1 aromatic carbocycles. The fourth-order valence-corrected chi connectivity index (χ4v) is 3.19. The van der Waals surface area contributed by atoms with Crippen LogP contribution in [0.4, 0.5) is 0 Å². The van der Waals surface area contributed by atoms with Gasteiger partial charge in [-0.05, 0) is 49.9 Å². The number of fused-ring (bicyclic) bond motifs is 1. The minimum atomic E-state index is 0.656. The van der Waals surface area contributed by atoms with Gasteiger partial charge in [-0.2, -0.15) is 0 Å². The molecule has 0 spiro atoms. The quantitative estimate of drug-likeness (QED) is 0.887. The number of nitrogens with one attached hydrogen (secondary N) is 1. The van der Waals surface area contributed by atoms with Crippen LogP contribution in [0.1, 0.15) is 43.6 Å². The van der Waals surface area contributed by atoms with Gasteiger partial charge in [0.15, 0.2) is 11.5 Å². The number of hydrogen-bond acceptors (Lipinski definition) is 3. The topological polar surface area (TPSA) is 30.5 Å². The van der Waals surface area contributed by atoms with E-state index in [9.17, 15) is 0 Å². The monoisotopic (exact) mass is 261 g/mol. The van der Waals surface area contributed by atoms with Crippen molar-refractivity contribution in [1.82, 2.24) is 5.32 Å². The van der Waals surface area contributed by atoms with Gasteiger partial charge in [-0.3, -0.25) is 0 Å². The summed E-state index contributed by atoms with van der Waals surface area (Å²) in [7, 11) is 2.07. The summed E-state index contributed by atoms with van der Waals surface area (Å²) >= 11 is 0. The van der Waals surface area contributed by atoms with E-state index in [0.29, 0.717) is 12.0 Å². The summed E-state index contributed by atoms with van der Waals surface area (Å²) in [6.45, 7) is 1.53. The Morgan fingerprint density at radius 1 is 1.05 bits per heavy atom. The molecular formula is C16H23NO2. The molecule has 1 heterocycles. The summed E-state index contributed by atoms with van der Waals surface area (Å²) in [6, 6.07) is 7.16. The molecule has 1 fully saturated rings. The van der Waals surface area contributed by atoms with E-state index in [-0.39, 0.29) is 0 Å². The molecule has 2 atom stereocenters. The smallest absolute Gasteiger partial charge is 0.161 e. The first-order valence-electron chi connectivity index (χ1n) is 7.43. The Hall–Kier alpha value is -1.22. The normalized spacial score (nSPS) is 26.8. The third-order valence-corrected chi connectivity index (χ3v) is 4.33. The van der Waals surface area contributed by atoms with Crippen molar-refractivity contribution in [2.75, 3.05) is 20.3 Å². The lowest BCUT2D eigenvalue weighted by atomic mass is 9.81. The summed E-state index contributed by atoms with van der Waals surface area (Å²) in [4.78, 5) is 0. The van der Waals surface area contributed by atoms with Gasteiger partial charge in [-0.25, -0.2) is 0 Å². The Morgan fingerprint density at radius 2 is 1.89 bits per heavy atom. The molecule has 1 aromatic rings. The van der Waals surface area contributed by atoms with E-state index in [2.05, 4.69) is 30.6 Å². The molecule has 0 amide bonds. The van der Waals surface area contributed by atoms with Crippen LogP contribution >= 0.6 is 0 Å². The van der Waals surface area contributed by atoms with Crippen LogP contribution in [0, 0.1) is 0 Å². The molecule has 0 saturated heterocycles. The van der Waals surface area contributed by atoms with E-state index in [1.54, 1.807) is 0 Å². The van der Waals surface area contributed by atoms with E-state index in [4.69, 9.17) is 9.47 Å². The Morgan fingerprint density at radius 3 is 2.74 bits per heavy atom. The van der Waals surface area contributed by atoms with Crippen LogP contribution in [0.5, 0.6) is 11.5 Å². The SMILES string of the molecule is CNC1CCCC(c2ccc3c(c2)OCCCO3)C1. The lowest BCUT2D eigenvalue weighted by Gasteiger charge is -2.29. The number of ether oxygens (including phenoxy) is 2. The molecule has 1 saturated carbocycles. The Kier molecular flexibility index (Phi) is 3.92. The molecule has 104 valence electrons. The molecule has 2 aliphatic rings. The highest BCUT2D eigenvalue weighted by molar-refractivity contribution is 5.44.